The molecule has 0 aliphatic rings. The van der Waals surface area contributed by atoms with Crippen LogP contribution in [0, 0.1) is 5.92 Å². The van der Waals surface area contributed by atoms with E-state index in [1.54, 1.807) is 19.3 Å². The number of carbonyl (C=O) groups excluding carboxylic acids is 1. The summed E-state index contributed by atoms with van der Waals surface area (Å²) in [4.78, 5) is 11.9. The van der Waals surface area contributed by atoms with E-state index < -0.39 is 17.8 Å². The Labute approximate surface area is 199 Å². The van der Waals surface area contributed by atoms with Crippen LogP contribution in [0.15, 0.2) is 60.7 Å². The Morgan fingerprint density at radius 1 is 1.24 bits per heavy atom. The predicted octanol–water partition coefficient (Wildman–Crippen LogP) is 5.57. The van der Waals surface area contributed by atoms with Gasteiger partial charge in [-0.2, -0.15) is 0 Å². The van der Waals surface area contributed by atoms with Crippen LogP contribution in [0.5, 0.6) is 5.75 Å². The van der Waals surface area contributed by atoms with Crippen molar-refractivity contribution in [2.45, 2.75) is 65.3 Å². The molecule has 0 saturated carbocycles. The fourth-order valence-corrected chi connectivity index (χ4v) is 3.03. The lowest BCUT2D eigenvalue weighted by Gasteiger charge is -2.19. The van der Waals surface area contributed by atoms with Gasteiger partial charge in [0.15, 0.2) is 0 Å². The van der Waals surface area contributed by atoms with E-state index in [1.165, 1.54) is 0 Å². The third-order valence-electron chi connectivity index (χ3n) is 4.90. The molecule has 2 N–H and O–H groups in total. The van der Waals surface area contributed by atoms with Crippen molar-refractivity contribution in [3.8, 4) is 5.75 Å². The number of aliphatic hydroxyl groups excluding tert-OH is 1. The average Bonchev–Trinajstić information content (AvgIpc) is 2.76. The molecule has 33 heavy (non-hydrogen) atoms. The third-order valence-corrected chi connectivity index (χ3v) is 4.90. The zero-order chi connectivity index (χ0) is 24.7. The van der Waals surface area contributed by atoms with Gasteiger partial charge in [0.05, 0.1) is 26.4 Å². The van der Waals surface area contributed by atoms with E-state index in [-0.39, 0.29) is 5.92 Å². The summed E-state index contributed by atoms with van der Waals surface area (Å²) in [6.07, 6.45) is 8.66. The first-order valence-electron chi connectivity index (χ1n) is 11.5. The maximum Gasteiger partial charge on any atom is 0.407 e. The van der Waals surface area contributed by atoms with Crippen molar-refractivity contribution in [3.05, 3.63) is 66.3 Å². The molecule has 0 saturated heterocycles. The third kappa shape index (κ3) is 12.9. The summed E-state index contributed by atoms with van der Waals surface area (Å²) in [6.45, 7) is 12.8. The topological polar surface area (TPSA) is 77.0 Å². The Bertz CT molecular complexity index is 762. The molecule has 1 aromatic rings. The standard InChI is InChI=1S/C27H41NO5/c1-7-23(8-2)25(29)16-13-21(17-18-28-26(30)33-27(3,4)5)10-9-19-32-20-22-11-14-24(31-6)15-12-22/h7,10-16,23,25,29H,1,8-9,17-20H2,2-6H3,(H,28,30)/b16-13+,21-10-/t23-,25+/m1/s1. The SMILES string of the molecule is C=C[C@H](CC)[C@@H](O)/C=C/C(=C/CCOCc1ccc(OC)cc1)CCNC(=O)OC(C)(C)C. The molecule has 0 fully saturated rings. The maximum atomic E-state index is 11.9. The maximum absolute atomic E-state index is 11.9. The normalized spacial score (nSPS) is 14.1. The van der Waals surface area contributed by atoms with Crippen LogP contribution < -0.4 is 10.1 Å². The summed E-state index contributed by atoms with van der Waals surface area (Å²) in [6, 6.07) is 7.79. The number of nitrogens with one attached hydrogen (secondary N) is 1. The number of carbonyl (C=O) groups is 1. The van der Waals surface area contributed by atoms with Gasteiger partial charge in [0.1, 0.15) is 11.4 Å². The van der Waals surface area contributed by atoms with Crippen LogP contribution in [0.1, 0.15) is 52.5 Å². The lowest BCUT2D eigenvalue weighted by molar-refractivity contribution is 0.0528. The first-order chi connectivity index (χ1) is 15.7. The van der Waals surface area contributed by atoms with Crippen molar-refractivity contribution in [2.75, 3.05) is 20.3 Å². The number of aliphatic hydroxyl groups is 1. The summed E-state index contributed by atoms with van der Waals surface area (Å²) in [5.74, 6) is 0.831. The van der Waals surface area contributed by atoms with Gasteiger partial charge < -0.3 is 24.6 Å². The van der Waals surface area contributed by atoms with Crippen LogP contribution in [0.3, 0.4) is 0 Å². The van der Waals surface area contributed by atoms with Crippen LogP contribution in [0.25, 0.3) is 0 Å². The van der Waals surface area contributed by atoms with Crippen LogP contribution in [0.2, 0.25) is 0 Å². The van der Waals surface area contributed by atoms with Crippen molar-refractivity contribution >= 4 is 6.09 Å². The minimum atomic E-state index is -0.596. The molecule has 6 nitrogen and oxygen atoms in total. The summed E-state index contributed by atoms with van der Waals surface area (Å²) >= 11 is 0. The van der Waals surface area contributed by atoms with E-state index in [1.807, 2.05) is 58.0 Å². The highest BCUT2D eigenvalue weighted by Gasteiger charge is 2.15. The first kappa shape index (κ1) is 28.5. The highest BCUT2D eigenvalue weighted by molar-refractivity contribution is 5.67. The molecular weight excluding hydrogens is 418 g/mol. The lowest BCUT2D eigenvalue weighted by Crippen LogP contribution is -2.33. The van der Waals surface area contributed by atoms with E-state index in [4.69, 9.17) is 14.2 Å². The molecule has 0 unspecified atom stereocenters. The molecule has 1 amide bonds. The van der Waals surface area contributed by atoms with Gasteiger partial charge in [-0.05, 0) is 57.7 Å². The Balaban J connectivity index is 2.61. The van der Waals surface area contributed by atoms with E-state index in [9.17, 15) is 9.90 Å². The van der Waals surface area contributed by atoms with Crippen LogP contribution in [-0.2, 0) is 16.1 Å². The monoisotopic (exact) mass is 459 g/mol. The van der Waals surface area contributed by atoms with Gasteiger partial charge in [0.2, 0.25) is 0 Å². The van der Waals surface area contributed by atoms with Gasteiger partial charge in [-0.3, -0.25) is 0 Å². The van der Waals surface area contributed by atoms with Gasteiger partial charge >= 0.3 is 6.09 Å². The summed E-state index contributed by atoms with van der Waals surface area (Å²) in [5, 5.41) is 13.1. The van der Waals surface area contributed by atoms with Gasteiger partial charge in [-0.25, -0.2) is 4.79 Å². The molecule has 1 aromatic carbocycles. The smallest absolute Gasteiger partial charge is 0.407 e. The Morgan fingerprint density at radius 3 is 2.52 bits per heavy atom. The summed E-state index contributed by atoms with van der Waals surface area (Å²) in [7, 11) is 1.64. The van der Waals surface area contributed by atoms with E-state index >= 15 is 0 Å². The molecule has 0 aliphatic carbocycles. The fourth-order valence-electron chi connectivity index (χ4n) is 3.03. The highest BCUT2D eigenvalue weighted by Crippen LogP contribution is 2.15. The van der Waals surface area contributed by atoms with Crippen molar-refractivity contribution in [1.29, 1.82) is 0 Å². The minimum Gasteiger partial charge on any atom is -0.497 e. The number of ether oxygens (including phenoxy) is 3. The van der Waals surface area contributed by atoms with Crippen LogP contribution >= 0.6 is 0 Å². The van der Waals surface area contributed by atoms with E-state index in [0.717, 1.165) is 29.7 Å². The molecular formula is C27H41NO5. The molecule has 6 heteroatoms. The number of hydrogen-bond donors (Lipinski definition) is 2. The van der Waals surface area contributed by atoms with Crippen molar-refractivity contribution in [1.82, 2.24) is 5.32 Å². The molecule has 2 atom stereocenters. The van der Waals surface area contributed by atoms with Crippen LogP contribution in [0.4, 0.5) is 4.79 Å². The van der Waals surface area contributed by atoms with E-state index in [2.05, 4.69) is 18.0 Å². The molecule has 0 bridgehead atoms. The number of hydrogen-bond acceptors (Lipinski definition) is 5. The largest absolute Gasteiger partial charge is 0.497 e. The Kier molecular flexibility index (Phi) is 13.2. The second-order valence-electron chi connectivity index (χ2n) is 8.80. The molecule has 184 valence electrons. The van der Waals surface area contributed by atoms with Gasteiger partial charge in [0, 0.05) is 12.5 Å². The van der Waals surface area contributed by atoms with Crippen molar-refractivity contribution < 1.29 is 24.1 Å². The van der Waals surface area contributed by atoms with Crippen LogP contribution in [-0.4, -0.2) is 43.2 Å². The van der Waals surface area contributed by atoms with Gasteiger partial charge in [0.25, 0.3) is 0 Å². The molecule has 1 rings (SSSR count). The Hall–Kier alpha value is -2.57. The zero-order valence-electron chi connectivity index (χ0n) is 20.8. The molecule has 0 spiro atoms. The number of alkyl carbamates (subject to hydrolysis) is 1. The minimum absolute atomic E-state index is 0.00946. The second kappa shape index (κ2) is 15.3. The fraction of sp³-hybridized carbons (Fsp3) is 0.519. The van der Waals surface area contributed by atoms with Gasteiger partial charge in [-0.15, -0.1) is 6.58 Å². The number of allylic oxidation sites excluding steroid dienone is 1. The number of amides is 1. The predicted molar refractivity (Wildman–Crippen MR) is 133 cm³/mol. The lowest BCUT2D eigenvalue weighted by atomic mass is 9.98. The number of benzene rings is 1. The molecule has 0 heterocycles. The zero-order valence-corrected chi connectivity index (χ0v) is 20.8. The molecule has 0 aromatic heterocycles. The quantitative estimate of drug-likeness (QED) is 0.216. The Morgan fingerprint density at radius 2 is 1.94 bits per heavy atom. The van der Waals surface area contributed by atoms with Crippen molar-refractivity contribution in [3.63, 3.8) is 0 Å². The average molecular weight is 460 g/mol. The van der Waals surface area contributed by atoms with Crippen molar-refractivity contribution in [2.24, 2.45) is 5.92 Å². The molecule has 0 aliphatic heterocycles. The highest BCUT2D eigenvalue weighted by atomic mass is 16.6. The molecule has 0 radical (unpaired) electrons. The summed E-state index contributed by atoms with van der Waals surface area (Å²) in [5.41, 5.74) is 1.56. The van der Waals surface area contributed by atoms with Gasteiger partial charge in [-0.1, -0.05) is 48.9 Å². The number of methoxy groups -OCH3 is 1. The second-order valence-corrected chi connectivity index (χ2v) is 8.80. The summed E-state index contributed by atoms with van der Waals surface area (Å²) < 4.78 is 16.2. The van der Waals surface area contributed by atoms with E-state index in [0.29, 0.717) is 26.2 Å². The first-order valence-corrected chi connectivity index (χ1v) is 11.5. The number of rotatable bonds is 14.